The van der Waals surface area contributed by atoms with E-state index in [9.17, 15) is 4.79 Å². The first kappa shape index (κ1) is 15.6. The predicted molar refractivity (Wildman–Crippen MR) is 94.4 cm³/mol. The van der Waals surface area contributed by atoms with Crippen LogP contribution >= 0.6 is 23.2 Å². The topological polar surface area (TPSA) is 57.2 Å². The average molecular weight is 346 g/mol. The molecule has 2 aromatic carbocycles. The van der Waals surface area contributed by atoms with E-state index in [0.29, 0.717) is 21.3 Å². The zero-order chi connectivity index (χ0) is 16.4. The van der Waals surface area contributed by atoms with Crippen LogP contribution in [0.1, 0.15) is 22.8 Å². The minimum Gasteiger partial charge on any atom is -0.360 e. The van der Waals surface area contributed by atoms with Crippen LogP contribution in [0.5, 0.6) is 0 Å². The van der Waals surface area contributed by atoms with Gasteiger partial charge in [0, 0.05) is 17.1 Å². The Morgan fingerprint density at radius 3 is 2.70 bits per heavy atom. The van der Waals surface area contributed by atoms with Crippen molar-refractivity contribution in [1.82, 2.24) is 10.4 Å². The average Bonchev–Trinajstić information content (AvgIpc) is 2.99. The number of hydrogen-bond donors (Lipinski definition) is 2. The molecule has 0 aliphatic heterocycles. The molecule has 0 aliphatic carbocycles. The van der Waals surface area contributed by atoms with Gasteiger partial charge in [0.25, 0.3) is 5.91 Å². The summed E-state index contributed by atoms with van der Waals surface area (Å²) in [6.07, 6.45) is 1.67. The smallest absolute Gasteiger partial charge is 0.273 e. The number of carbonyl (C=O) groups excluding carboxylic acids is 1. The Labute approximate surface area is 143 Å². The SMILES string of the molecule is CC(=NNC(=O)c1c[nH]c2ccccc12)c1ccc(Cl)c(Cl)c1. The van der Waals surface area contributed by atoms with Gasteiger partial charge in [0.05, 0.1) is 21.3 Å². The zero-order valence-electron chi connectivity index (χ0n) is 12.2. The first-order valence-electron chi connectivity index (χ1n) is 6.92. The van der Waals surface area contributed by atoms with Gasteiger partial charge in [-0.25, -0.2) is 5.43 Å². The number of amides is 1. The molecule has 0 bridgehead atoms. The highest BCUT2D eigenvalue weighted by atomic mass is 35.5. The summed E-state index contributed by atoms with van der Waals surface area (Å²) in [5.74, 6) is -0.276. The summed E-state index contributed by atoms with van der Waals surface area (Å²) < 4.78 is 0. The number of nitrogens with one attached hydrogen (secondary N) is 2. The molecule has 2 N–H and O–H groups in total. The van der Waals surface area contributed by atoms with E-state index in [1.54, 1.807) is 31.3 Å². The van der Waals surface area contributed by atoms with Crippen LogP contribution in [0.3, 0.4) is 0 Å². The van der Waals surface area contributed by atoms with Crippen molar-refractivity contribution in [2.24, 2.45) is 5.10 Å². The van der Waals surface area contributed by atoms with Gasteiger partial charge in [-0.05, 0) is 30.7 Å². The maximum Gasteiger partial charge on any atom is 0.273 e. The van der Waals surface area contributed by atoms with Crippen molar-refractivity contribution in [3.63, 3.8) is 0 Å². The van der Waals surface area contributed by atoms with Gasteiger partial charge in [-0.1, -0.05) is 47.5 Å². The van der Waals surface area contributed by atoms with Crippen LogP contribution in [0.2, 0.25) is 10.0 Å². The standard InChI is InChI=1S/C17H13Cl2N3O/c1-10(11-6-7-14(18)15(19)8-11)21-22-17(23)13-9-20-16-5-3-2-4-12(13)16/h2-9,20H,1H3,(H,22,23). The highest BCUT2D eigenvalue weighted by molar-refractivity contribution is 6.42. The van der Waals surface area contributed by atoms with Crippen molar-refractivity contribution in [2.75, 3.05) is 0 Å². The van der Waals surface area contributed by atoms with Crippen molar-refractivity contribution in [1.29, 1.82) is 0 Å². The molecule has 1 aromatic heterocycles. The second-order valence-electron chi connectivity index (χ2n) is 5.01. The maximum atomic E-state index is 12.3. The molecule has 4 nitrogen and oxygen atoms in total. The Bertz CT molecular complexity index is 915. The molecule has 0 saturated heterocycles. The fourth-order valence-electron chi connectivity index (χ4n) is 2.24. The summed E-state index contributed by atoms with van der Waals surface area (Å²) in [7, 11) is 0. The summed E-state index contributed by atoms with van der Waals surface area (Å²) in [6.45, 7) is 1.79. The lowest BCUT2D eigenvalue weighted by Crippen LogP contribution is -2.19. The number of aromatic amines is 1. The van der Waals surface area contributed by atoms with Gasteiger partial charge >= 0.3 is 0 Å². The summed E-state index contributed by atoms with van der Waals surface area (Å²) in [4.78, 5) is 15.4. The molecular formula is C17H13Cl2N3O. The molecular weight excluding hydrogens is 333 g/mol. The van der Waals surface area contributed by atoms with E-state index in [1.165, 1.54) is 0 Å². The molecule has 0 aliphatic rings. The minimum atomic E-state index is -0.276. The number of fused-ring (bicyclic) bond motifs is 1. The number of halogens is 2. The van der Waals surface area contributed by atoms with Crippen LogP contribution in [-0.2, 0) is 0 Å². The Balaban J connectivity index is 1.81. The monoisotopic (exact) mass is 345 g/mol. The van der Waals surface area contributed by atoms with E-state index < -0.39 is 0 Å². The van der Waals surface area contributed by atoms with Gasteiger partial charge in [0.2, 0.25) is 0 Å². The number of carbonyl (C=O) groups is 1. The summed E-state index contributed by atoms with van der Waals surface area (Å²) >= 11 is 11.9. The third-order valence-electron chi connectivity index (χ3n) is 3.50. The van der Waals surface area contributed by atoms with Gasteiger partial charge < -0.3 is 4.98 Å². The molecule has 6 heteroatoms. The van der Waals surface area contributed by atoms with Crippen LogP contribution in [0.15, 0.2) is 53.8 Å². The Kier molecular flexibility index (Phi) is 4.37. The third-order valence-corrected chi connectivity index (χ3v) is 4.24. The van der Waals surface area contributed by atoms with E-state index in [-0.39, 0.29) is 5.91 Å². The van der Waals surface area contributed by atoms with Gasteiger partial charge in [-0.2, -0.15) is 5.10 Å². The van der Waals surface area contributed by atoms with Gasteiger partial charge in [-0.3, -0.25) is 4.79 Å². The van der Waals surface area contributed by atoms with Crippen LogP contribution < -0.4 is 5.43 Å². The third kappa shape index (κ3) is 3.23. The quantitative estimate of drug-likeness (QED) is 0.527. The molecule has 0 spiro atoms. The lowest BCUT2D eigenvalue weighted by molar-refractivity contribution is 0.0956. The van der Waals surface area contributed by atoms with Crippen molar-refractivity contribution in [3.8, 4) is 0 Å². The molecule has 23 heavy (non-hydrogen) atoms. The van der Waals surface area contributed by atoms with Gasteiger partial charge in [0.1, 0.15) is 0 Å². The number of nitrogens with zero attached hydrogens (tertiary/aromatic N) is 1. The summed E-state index contributed by atoms with van der Waals surface area (Å²) in [5, 5.41) is 5.91. The fraction of sp³-hybridized carbons (Fsp3) is 0.0588. The van der Waals surface area contributed by atoms with Crippen LogP contribution in [0, 0.1) is 0 Å². The highest BCUT2D eigenvalue weighted by Gasteiger charge is 2.11. The van der Waals surface area contributed by atoms with Crippen molar-refractivity contribution >= 4 is 45.7 Å². The molecule has 3 aromatic rings. The molecule has 0 saturated carbocycles. The molecule has 0 unspecified atom stereocenters. The van der Waals surface area contributed by atoms with Crippen molar-refractivity contribution in [3.05, 3.63) is 69.8 Å². The molecule has 1 heterocycles. The lowest BCUT2D eigenvalue weighted by atomic mass is 10.1. The van der Waals surface area contributed by atoms with Gasteiger partial charge in [-0.15, -0.1) is 0 Å². The van der Waals surface area contributed by atoms with Crippen LogP contribution in [0.25, 0.3) is 10.9 Å². The number of rotatable bonds is 3. The van der Waals surface area contributed by atoms with E-state index in [4.69, 9.17) is 23.2 Å². The minimum absolute atomic E-state index is 0.276. The zero-order valence-corrected chi connectivity index (χ0v) is 13.7. The number of para-hydroxylation sites is 1. The van der Waals surface area contributed by atoms with E-state index >= 15 is 0 Å². The van der Waals surface area contributed by atoms with E-state index in [2.05, 4.69) is 15.5 Å². The van der Waals surface area contributed by atoms with Crippen LogP contribution in [-0.4, -0.2) is 16.6 Å². The maximum absolute atomic E-state index is 12.3. The molecule has 0 atom stereocenters. The number of aromatic nitrogens is 1. The first-order valence-corrected chi connectivity index (χ1v) is 7.68. The summed E-state index contributed by atoms with van der Waals surface area (Å²) in [5.41, 5.74) is 5.44. The molecule has 0 fully saturated rings. The summed E-state index contributed by atoms with van der Waals surface area (Å²) in [6, 6.07) is 12.8. The number of H-pyrrole nitrogens is 1. The molecule has 3 rings (SSSR count). The normalized spacial score (nSPS) is 11.7. The second-order valence-corrected chi connectivity index (χ2v) is 5.83. The Morgan fingerprint density at radius 2 is 1.91 bits per heavy atom. The molecule has 0 radical (unpaired) electrons. The van der Waals surface area contributed by atoms with Crippen molar-refractivity contribution < 1.29 is 4.79 Å². The second kappa shape index (κ2) is 6.44. The Hall–Kier alpha value is -2.30. The Morgan fingerprint density at radius 1 is 1.13 bits per heavy atom. The highest BCUT2D eigenvalue weighted by Crippen LogP contribution is 2.23. The lowest BCUT2D eigenvalue weighted by Gasteiger charge is -2.04. The first-order chi connectivity index (χ1) is 11.1. The van der Waals surface area contributed by atoms with E-state index in [1.807, 2.05) is 24.3 Å². The fourth-order valence-corrected chi connectivity index (χ4v) is 2.54. The number of hydrazone groups is 1. The predicted octanol–water partition coefficient (Wildman–Crippen LogP) is 4.63. The number of benzene rings is 2. The van der Waals surface area contributed by atoms with Crippen molar-refractivity contribution in [2.45, 2.75) is 6.92 Å². The largest absolute Gasteiger partial charge is 0.360 e. The molecule has 116 valence electrons. The van der Waals surface area contributed by atoms with Crippen LogP contribution in [0.4, 0.5) is 0 Å². The van der Waals surface area contributed by atoms with E-state index in [0.717, 1.165) is 16.5 Å². The van der Waals surface area contributed by atoms with Gasteiger partial charge in [0.15, 0.2) is 0 Å². The molecule has 1 amide bonds. The number of hydrogen-bond acceptors (Lipinski definition) is 2.